The van der Waals surface area contributed by atoms with Gasteiger partial charge in [0.2, 0.25) is 5.91 Å². The van der Waals surface area contributed by atoms with Gasteiger partial charge in [-0.05, 0) is 48.4 Å². The largest absolute Gasteiger partial charge is 0.497 e. The Balaban J connectivity index is 2.10. The third-order valence-electron chi connectivity index (χ3n) is 4.01. The molecule has 0 aromatic heterocycles. The quantitative estimate of drug-likeness (QED) is 0.754. The van der Waals surface area contributed by atoms with Crippen LogP contribution < -0.4 is 20.1 Å². The van der Waals surface area contributed by atoms with E-state index in [-0.39, 0.29) is 17.7 Å². The van der Waals surface area contributed by atoms with Crippen LogP contribution in [-0.2, 0) is 4.79 Å². The van der Waals surface area contributed by atoms with Gasteiger partial charge in [-0.25, -0.2) is 0 Å². The van der Waals surface area contributed by atoms with Crippen LogP contribution in [0.4, 0.5) is 5.69 Å². The van der Waals surface area contributed by atoms with Crippen LogP contribution in [0.1, 0.15) is 24.2 Å². The highest BCUT2D eigenvalue weighted by atomic mass is 35.5. The number of anilines is 1. The Morgan fingerprint density at radius 3 is 2.19 bits per heavy atom. The molecule has 0 saturated carbocycles. The monoisotopic (exact) mass is 390 g/mol. The van der Waals surface area contributed by atoms with Crippen molar-refractivity contribution in [1.82, 2.24) is 5.32 Å². The molecule has 0 aliphatic carbocycles. The summed E-state index contributed by atoms with van der Waals surface area (Å²) >= 11 is 6.09. The number of carbonyl (C=O) groups is 2. The molecule has 1 atom stereocenters. The number of benzene rings is 2. The minimum Gasteiger partial charge on any atom is -0.497 e. The van der Waals surface area contributed by atoms with Gasteiger partial charge in [-0.2, -0.15) is 0 Å². The zero-order valence-corrected chi connectivity index (χ0v) is 16.5. The van der Waals surface area contributed by atoms with Crippen molar-refractivity contribution >= 4 is 29.1 Å². The number of rotatable bonds is 7. The van der Waals surface area contributed by atoms with Gasteiger partial charge in [-0.3, -0.25) is 9.59 Å². The summed E-state index contributed by atoms with van der Waals surface area (Å²) in [5, 5.41) is 5.94. The summed E-state index contributed by atoms with van der Waals surface area (Å²) in [4.78, 5) is 25.2. The van der Waals surface area contributed by atoms with Crippen molar-refractivity contribution in [3.63, 3.8) is 0 Å². The fourth-order valence-corrected chi connectivity index (χ4v) is 2.72. The third-order valence-corrected chi connectivity index (χ3v) is 4.30. The van der Waals surface area contributed by atoms with Crippen LogP contribution in [0.25, 0.3) is 0 Å². The maximum Gasteiger partial charge on any atom is 0.251 e. The summed E-state index contributed by atoms with van der Waals surface area (Å²) in [5.74, 6) is 0.400. The van der Waals surface area contributed by atoms with Crippen molar-refractivity contribution in [1.29, 1.82) is 0 Å². The minimum absolute atomic E-state index is 0.110. The molecule has 0 radical (unpaired) electrons. The Hall–Kier alpha value is -2.73. The van der Waals surface area contributed by atoms with E-state index < -0.39 is 6.04 Å². The van der Waals surface area contributed by atoms with Crippen molar-refractivity contribution in [3.05, 3.63) is 53.1 Å². The highest BCUT2D eigenvalue weighted by molar-refractivity contribution is 6.32. The second-order valence-corrected chi connectivity index (χ2v) is 6.67. The van der Waals surface area contributed by atoms with E-state index in [9.17, 15) is 9.59 Å². The Morgan fingerprint density at radius 1 is 1.00 bits per heavy atom. The lowest BCUT2D eigenvalue weighted by Crippen LogP contribution is -2.47. The lowest BCUT2D eigenvalue weighted by atomic mass is 10.0. The molecule has 144 valence electrons. The number of nitrogens with one attached hydrogen (secondary N) is 2. The second kappa shape index (κ2) is 9.28. The van der Waals surface area contributed by atoms with E-state index in [2.05, 4.69) is 10.6 Å². The van der Waals surface area contributed by atoms with E-state index in [1.54, 1.807) is 49.6 Å². The molecule has 0 heterocycles. The molecule has 2 rings (SSSR count). The van der Waals surface area contributed by atoms with E-state index in [1.165, 1.54) is 7.11 Å². The van der Waals surface area contributed by atoms with Crippen LogP contribution in [-0.4, -0.2) is 32.1 Å². The van der Waals surface area contributed by atoms with E-state index in [1.807, 2.05) is 13.8 Å². The number of amides is 2. The third kappa shape index (κ3) is 5.37. The standard InChI is InChI=1S/C20H23ClN2O4/c1-12(2)18(23-19(24)13-5-8-15(26-3)9-6-13)20(25)22-14-7-10-17(27-4)16(21)11-14/h5-12,18H,1-4H3,(H,22,25)(H,23,24)/t18-/m0/s1. The minimum atomic E-state index is -0.708. The lowest BCUT2D eigenvalue weighted by molar-refractivity contribution is -0.118. The van der Waals surface area contributed by atoms with Gasteiger partial charge in [0, 0.05) is 11.3 Å². The molecule has 0 aliphatic rings. The van der Waals surface area contributed by atoms with E-state index >= 15 is 0 Å². The molecule has 2 aromatic carbocycles. The van der Waals surface area contributed by atoms with Crippen molar-refractivity contribution in [3.8, 4) is 11.5 Å². The zero-order chi connectivity index (χ0) is 20.0. The average Bonchev–Trinajstić information content (AvgIpc) is 2.65. The molecule has 0 saturated heterocycles. The first-order valence-electron chi connectivity index (χ1n) is 8.45. The molecule has 6 nitrogen and oxygen atoms in total. The van der Waals surface area contributed by atoms with Crippen LogP contribution in [0.15, 0.2) is 42.5 Å². The molecule has 0 spiro atoms. The second-order valence-electron chi connectivity index (χ2n) is 6.26. The molecule has 27 heavy (non-hydrogen) atoms. The first kappa shape index (κ1) is 20.6. The van der Waals surface area contributed by atoms with Gasteiger partial charge >= 0.3 is 0 Å². The Kier molecular flexibility index (Phi) is 7.07. The molecule has 2 amide bonds. The number of hydrogen-bond acceptors (Lipinski definition) is 4. The van der Waals surface area contributed by atoms with Crippen LogP contribution in [0.3, 0.4) is 0 Å². The first-order chi connectivity index (χ1) is 12.8. The average molecular weight is 391 g/mol. The molecule has 0 aliphatic heterocycles. The number of halogens is 1. The first-order valence-corrected chi connectivity index (χ1v) is 8.82. The summed E-state index contributed by atoms with van der Waals surface area (Å²) in [6, 6.07) is 10.9. The Bertz CT molecular complexity index is 806. The fraction of sp³-hybridized carbons (Fsp3) is 0.300. The van der Waals surface area contributed by atoms with Crippen LogP contribution in [0.2, 0.25) is 5.02 Å². The predicted molar refractivity (Wildman–Crippen MR) is 106 cm³/mol. The number of carbonyl (C=O) groups excluding carboxylic acids is 2. The maximum atomic E-state index is 12.7. The molecule has 0 fully saturated rings. The Morgan fingerprint density at radius 2 is 1.67 bits per heavy atom. The van der Waals surface area contributed by atoms with E-state index in [0.717, 1.165) is 0 Å². The smallest absolute Gasteiger partial charge is 0.251 e. The highest BCUT2D eigenvalue weighted by Crippen LogP contribution is 2.27. The van der Waals surface area contributed by atoms with Crippen molar-refractivity contribution in [2.45, 2.75) is 19.9 Å². The van der Waals surface area contributed by atoms with Gasteiger partial charge in [0.15, 0.2) is 0 Å². The maximum absolute atomic E-state index is 12.7. The molecule has 0 bridgehead atoms. The molecule has 2 N–H and O–H groups in total. The van der Waals surface area contributed by atoms with Crippen LogP contribution >= 0.6 is 11.6 Å². The van der Waals surface area contributed by atoms with Gasteiger partial charge in [0.25, 0.3) is 5.91 Å². The van der Waals surface area contributed by atoms with Gasteiger partial charge in [-0.1, -0.05) is 25.4 Å². The topological polar surface area (TPSA) is 76.7 Å². The van der Waals surface area contributed by atoms with Gasteiger partial charge in [0.05, 0.1) is 19.2 Å². The van der Waals surface area contributed by atoms with Gasteiger partial charge < -0.3 is 20.1 Å². The van der Waals surface area contributed by atoms with Crippen molar-refractivity contribution in [2.24, 2.45) is 5.92 Å². The SMILES string of the molecule is COc1ccc(C(=O)N[C@H](C(=O)Nc2ccc(OC)c(Cl)c2)C(C)C)cc1. The summed E-state index contributed by atoms with van der Waals surface area (Å²) in [6.45, 7) is 3.72. The number of ether oxygens (including phenoxy) is 2. The van der Waals surface area contributed by atoms with Crippen molar-refractivity contribution < 1.29 is 19.1 Å². The molecule has 7 heteroatoms. The van der Waals surface area contributed by atoms with E-state index in [4.69, 9.17) is 21.1 Å². The molecule has 0 unspecified atom stereocenters. The normalized spacial score (nSPS) is 11.6. The molecule has 2 aromatic rings. The van der Waals surface area contributed by atoms with Crippen LogP contribution in [0.5, 0.6) is 11.5 Å². The summed E-state index contributed by atoms with van der Waals surface area (Å²) in [7, 11) is 3.07. The summed E-state index contributed by atoms with van der Waals surface area (Å²) < 4.78 is 10.2. The van der Waals surface area contributed by atoms with Crippen LogP contribution in [0, 0.1) is 5.92 Å². The van der Waals surface area contributed by atoms with Gasteiger partial charge in [0.1, 0.15) is 17.5 Å². The molecular formula is C20H23ClN2O4. The highest BCUT2D eigenvalue weighted by Gasteiger charge is 2.25. The van der Waals surface area contributed by atoms with Crippen molar-refractivity contribution in [2.75, 3.05) is 19.5 Å². The summed E-state index contributed by atoms with van der Waals surface area (Å²) in [6.07, 6.45) is 0. The lowest BCUT2D eigenvalue weighted by Gasteiger charge is -2.22. The predicted octanol–water partition coefficient (Wildman–Crippen LogP) is 3.75. The number of hydrogen-bond donors (Lipinski definition) is 2. The van der Waals surface area contributed by atoms with E-state index in [0.29, 0.717) is 27.8 Å². The summed E-state index contributed by atoms with van der Waals surface area (Å²) in [5.41, 5.74) is 0.969. The Labute approximate surface area is 163 Å². The fourth-order valence-electron chi connectivity index (χ4n) is 2.47. The van der Waals surface area contributed by atoms with Gasteiger partial charge in [-0.15, -0.1) is 0 Å². The zero-order valence-electron chi connectivity index (χ0n) is 15.7. The molecular weight excluding hydrogens is 368 g/mol. The number of methoxy groups -OCH3 is 2.